The van der Waals surface area contributed by atoms with E-state index in [1.54, 1.807) is 48.5 Å². The van der Waals surface area contributed by atoms with Crippen molar-refractivity contribution < 1.29 is 23.0 Å². The molecule has 3 aromatic carbocycles. The van der Waals surface area contributed by atoms with E-state index >= 15 is 4.39 Å². The van der Waals surface area contributed by atoms with Crippen LogP contribution in [-0.4, -0.2) is 33.0 Å². The number of pyridine rings is 1. The molecule has 0 amide bonds. The van der Waals surface area contributed by atoms with Crippen molar-refractivity contribution in [3.63, 3.8) is 0 Å². The van der Waals surface area contributed by atoms with E-state index in [0.29, 0.717) is 45.3 Å². The van der Waals surface area contributed by atoms with Crippen LogP contribution in [0.1, 0.15) is 40.7 Å². The molecule has 208 valence electrons. The molecule has 2 aromatic heterocycles. The zero-order chi connectivity index (χ0) is 28.5. The molecule has 6 rings (SSSR count). The Labute approximate surface area is 240 Å². The SMILES string of the molecule is CC(=O)c1ccc2nc(Cc3ccc(-c4cccc(OCc5ccc(Cl)cc5F)n4)cc3F)n(C[C@@H]3CCO3)c2c1. The highest BCUT2D eigenvalue weighted by atomic mass is 35.5. The van der Waals surface area contributed by atoms with Gasteiger partial charge in [0.1, 0.15) is 24.1 Å². The summed E-state index contributed by atoms with van der Waals surface area (Å²) in [7, 11) is 0. The lowest BCUT2D eigenvalue weighted by Gasteiger charge is -2.27. The Bertz CT molecular complexity index is 1770. The monoisotopic (exact) mass is 573 g/mol. The van der Waals surface area contributed by atoms with Gasteiger partial charge in [0.25, 0.3) is 0 Å². The Morgan fingerprint density at radius 1 is 1.02 bits per heavy atom. The quantitative estimate of drug-likeness (QED) is 0.175. The number of rotatable bonds is 9. The summed E-state index contributed by atoms with van der Waals surface area (Å²) in [5.74, 6) is 0.119. The van der Waals surface area contributed by atoms with Gasteiger partial charge in [-0.3, -0.25) is 4.79 Å². The van der Waals surface area contributed by atoms with E-state index in [2.05, 4.69) is 4.98 Å². The number of halogens is 3. The highest BCUT2D eigenvalue weighted by molar-refractivity contribution is 6.30. The minimum absolute atomic E-state index is 0.0203. The molecule has 1 aliphatic heterocycles. The van der Waals surface area contributed by atoms with Gasteiger partial charge in [0.15, 0.2) is 5.78 Å². The third kappa shape index (κ3) is 5.85. The van der Waals surface area contributed by atoms with E-state index in [-0.39, 0.29) is 36.6 Å². The van der Waals surface area contributed by atoms with Crippen LogP contribution in [0, 0.1) is 11.6 Å². The summed E-state index contributed by atoms with van der Waals surface area (Å²) in [6.45, 7) is 2.82. The van der Waals surface area contributed by atoms with Crippen LogP contribution < -0.4 is 4.74 Å². The zero-order valence-corrected chi connectivity index (χ0v) is 23.0. The molecule has 1 atom stereocenters. The van der Waals surface area contributed by atoms with E-state index in [1.165, 1.54) is 19.1 Å². The molecular formula is C32H26ClF2N3O3. The lowest BCUT2D eigenvalue weighted by atomic mass is 10.1. The first-order valence-corrected chi connectivity index (χ1v) is 13.7. The summed E-state index contributed by atoms with van der Waals surface area (Å²) in [6, 6.07) is 20.0. The molecular weight excluding hydrogens is 548 g/mol. The van der Waals surface area contributed by atoms with Gasteiger partial charge in [-0.2, -0.15) is 0 Å². The van der Waals surface area contributed by atoms with Crippen molar-refractivity contribution in [3.05, 3.63) is 112 Å². The molecule has 0 unspecified atom stereocenters. The molecule has 0 spiro atoms. The van der Waals surface area contributed by atoms with Gasteiger partial charge in [-0.15, -0.1) is 0 Å². The number of ether oxygens (including phenoxy) is 2. The van der Waals surface area contributed by atoms with Crippen LogP contribution in [0.3, 0.4) is 0 Å². The second-order valence-corrected chi connectivity index (χ2v) is 10.5. The summed E-state index contributed by atoms with van der Waals surface area (Å²) in [6.07, 6.45) is 1.28. The first-order chi connectivity index (χ1) is 19.8. The second kappa shape index (κ2) is 11.4. The maximum Gasteiger partial charge on any atom is 0.214 e. The van der Waals surface area contributed by atoms with Gasteiger partial charge in [0.2, 0.25) is 5.88 Å². The standard InChI is InChI=1S/C32H26ClF2N3O3/c1-19(39)20-8-10-29-30(14-20)38(17-25-11-12-40-25)31(36-29)15-21-5-6-22(13-26(21)34)28-3-2-4-32(37-28)41-18-23-7-9-24(33)16-27(23)35/h2-10,13-14,16,25H,11-12,15,17-18H2,1H3/t25-/m0/s1. The first kappa shape index (κ1) is 27.1. The van der Waals surface area contributed by atoms with E-state index in [9.17, 15) is 9.18 Å². The number of carbonyl (C=O) groups is 1. The van der Waals surface area contributed by atoms with Crippen LogP contribution in [0.2, 0.25) is 5.02 Å². The number of ketones is 1. The van der Waals surface area contributed by atoms with E-state index in [1.807, 2.05) is 16.7 Å². The largest absolute Gasteiger partial charge is 0.473 e. The minimum atomic E-state index is -0.459. The lowest BCUT2D eigenvalue weighted by Crippen LogP contribution is -2.31. The average molecular weight is 574 g/mol. The van der Waals surface area contributed by atoms with Crippen molar-refractivity contribution in [1.29, 1.82) is 0 Å². The first-order valence-electron chi connectivity index (χ1n) is 13.3. The van der Waals surface area contributed by atoms with Crippen LogP contribution >= 0.6 is 11.6 Å². The van der Waals surface area contributed by atoms with Crippen molar-refractivity contribution in [2.75, 3.05) is 6.61 Å². The Hall–Kier alpha value is -4.14. The molecule has 0 radical (unpaired) electrons. The second-order valence-electron chi connectivity index (χ2n) is 10.0. The maximum atomic E-state index is 15.4. The molecule has 41 heavy (non-hydrogen) atoms. The number of hydrogen-bond donors (Lipinski definition) is 0. The molecule has 3 heterocycles. The van der Waals surface area contributed by atoms with Gasteiger partial charge in [0, 0.05) is 40.8 Å². The smallest absolute Gasteiger partial charge is 0.214 e. The third-order valence-corrected chi connectivity index (χ3v) is 7.46. The Morgan fingerprint density at radius 2 is 1.83 bits per heavy atom. The number of benzene rings is 3. The highest BCUT2D eigenvalue weighted by Gasteiger charge is 2.23. The third-order valence-electron chi connectivity index (χ3n) is 7.23. The van der Waals surface area contributed by atoms with Crippen LogP contribution in [0.15, 0.2) is 72.8 Å². The van der Waals surface area contributed by atoms with Crippen molar-refractivity contribution in [1.82, 2.24) is 14.5 Å². The normalized spacial score (nSPS) is 14.7. The van der Waals surface area contributed by atoms with Gasteiger partial charge in [-0.05, 0) is 61.4 Å². The maximum absolute atomic E-state index is 15.4. The Kier molecular flexibility index (Phi) is 7.51. The van der Waals surface area contributed by atoms with Gasteiger partial charge < -0.3 is 14.0 Å². The fourth-order valence-electron chi connectivity index (χ4n) is 4.83. The molecule has 6 nitrogen and oxygen atoms in total. The topological polar surface area (TPSA) is 66.2 Å². The highest BCUT2D eigenvalue weighted by Crippen LogP contribution is 2.27. The van der Waals surface area contributed by atoms with Gasteiger partial charge in [-0.1, -0.05) is 35.9 Å². The number of imidazole rings is 1. The molecule has 9 heteroatoms. The molecule has 1 aliphatic rings. The van der Waals surface area contributed by atoms with Gasteiger partial charge in [0.05, 0.1) is 29.4 Å². The predicted octanol–water partition coefficient (Wildman–Crippen LogP) is 7.19. The van der Waals surface area contributed by atoms with Crippen molar-refractivity contribution in [2.45, 2.75) is 39.0 Å². The lowest BCUT2D eigenvalue weighted by molar-refractivity contribution is -0.0589. The molecule has 0 N–H and O–H groups in total. The molecule has 0 bridgehead atoms. The van der Waals surface area contributed by atoms with Crippen LogP contribution in [-0.2, 0) is 24.3 Å². The Balaban J connectivity index is 1.24. The number of nitrogens with zero attached hydrogens (tertiary/aromatic N) is 3. The zero-order valence-electron chi connectivity index (χ0n) is 22.2. The van der Waals surface area contributed by atoms with Crippen LogP contribution in [0.25, 0.3) is 22.3 Å². The van der Waals surface area contributed by atoms with Crippen molar-refractivity contribution in [3.8, 4) is 17.1 Å². The average Bonchev–Trinajstić information content (AvgIpc) is 3.27. The number of Topliss-reactive ketones (excluding diaryl/α,β-unsaturated/α-hetero) is 1. The molecule has 1 fully saturated rings. The fraction of sp³-hybridized carbons (Fsp3) is 0.219. The van der Waals surface area contributed by atoms with E-state index in [0.717, 1.165) is 24.1 Å². The summed E-state index contributed by atoms with van der Waals surface area (Å²) < 4.78 is 42.9. The number of fused-ring (bicyclic) bond motifs is 1. The molecule has 1 saturated heterocycles. The van der Waals surface area contributed by atoms with Gasteiger partial charge >= 0.3 is 0 Å². The number of carbonyl (C=O) groups excluding carboxylic acids is 1. The predicted molar refractivity (Wildman–Crippen MR) is 152 cm³/mol. The van der Waals surface area contributed by atoms with Crippen LogP contribution in [0.4, 0.5) is 8.78 Å². The van der Waals surface area contributed by atoms with Gasteiger partial charge in [-0.25, -0.2) is 18.7 Å². The fourth-order valence-corrected chi connectivity index (χ4v) is 4.99. The summed E-state index contributed by atoms with van der Waals surface area (Å²) in [4.78, 5) is 21.2. The van der Waals surface area contributed by atoms with E-state index in [4.69, 9.17) is 26.1 Å². The summed E-state index contributed by atoms with van der Waals surface area (Å²) in [5.41, 5.74) is 4.13. The Morgan fingerprint density at radius 3 is 2.56 bits per heavy atom. The summed E-state index contributed by atoms with van der Waals surface area (Å²) >= 11 is 5.82. The minimum Gasteiger partial charge on any atom is -0.473 e. The van der Waals surface area contributed by atoms with Crippen molar-refractivity contribution in [2.24, 2.45) is 0 Å². The van der Waals surface area contributed by atoms with E-state index < -0.39 is 5.82 Å². The molecule has 5 aromatic rings. The number of aromatic nitrogens is 3. The number of hydrogen-bond acceptors (Lipinski definition) is 5. The van der Waals surface area contributed by atoms with Crippen LogP contribution in [0.5, 0.6) is 5.88 Å². The molecule has 0 saturated carbocycles. The molecule has 0 aliphatic carbocycles. The van der Waals surface area contributed by atoms with Crippen molar-refractivity contribution >= 4 is 28.4 Å². The summed E-state index contributed by atoms with van der Waals surface area (Å²) in [5, 5.41) is 0.309.